The van der Waals surface area contributed by atoms with E-state index in [1.54, 1.807) is 0 Å². The maximum Gasteiger partial charge on any atom is 0.308 e. The lowest BCUT2D eigenvalue weighted by Gasteiger charge is -2.52. The highest BCUT2D eigenvalue weighted by Gasteiger charge is 2.56. The zero-order chi connectivity index (χ0) is 26.6. The van der Waals surface area contributed by atoms with Gasteiger partial charge in [0.15, 0.2) is 5.78 Å². The van der Waals surface area contributed by atoms with E-state index < -0.39 is 0 Å². The summed E-state index contributed by atoms with van der Waals surface area (Å²) in [4.78, 5) is 39.2. The maximum absolute atomic E-state index is 13.3. The highest BCUT2D eigenvalue weighted by Crippen LogP contribution is 2.63. The fraction of sp³-hybridized carbons (Fsp3) is 0.594. The average Bonchev–Trinajstić information content (AvgIpc) is 3.25. The molecule has 1 aromatic carbocycles. The molecule has 1 aliphatic heterocycles. The molecular weight excluding hydrogens is 478 g/mol. The summed E-state index contributed by atoms with van der Waals surface area (Å²) in [6, 6.07) is 8.13. The second-order valence-corrected chi connectivity index (χ2v) is 12.4. The lowest BCUT2D eigenvalue weighted by molar-refractivity contribution is -0.146. The summed E-state index contributed by atoms with van der Waals surface area (Å²) < 4.78 is 4.87. The van der Waals surface area contributed by atoms with Gasteiger partial charge in [-0.05, 0) is 104 Å². The van der Waals surface area contributed by atoms with Crippen molar-refractivity contribution in [2.45, 2.75) is 76.7 Å². The normalized spacial score (nSPS) is 33.3. The fourth-order valence-corrected chi connectivity index (χ4v) is 8.46. The number of hydrogen-bond donors (Lipinski definition) is 1. The van der Waals surface area contributed by atoms with E-state index in [2.05, 4.69) is 19.1 Å². The van der Waals surface area contributed by atoms with Crippen LogP contribution in [0.5, 0.6) is 0 Å². The Hall–Kier alpha value is -2.73. The number of nitrogens with zero attached hydrogens (tertiary/aromatic N) is 1. The Morgan fingerprint density at radius 2 is 1.74 bits per heavy atom. The number of aliphatic hydroxyl groups excluding tert-OH is 1. The number of ether oxygens (including phenoxy) is 1. The number of fused-ring (bicyclic) bond motifs is 4. The molecule has 1 aromatic rings. The van der Waals surface area contributed by atoms with E-state index in [0.717, 1.165) is 38.5 Å². The Balaban J connectivity index is 1.29. The first-order valence-electron chi connectivity index (χ1n) is 14.4. The molecule has 1 amide bonds. The van der Waals surface area contributed by atoms with Gasteiger partial charge in [-0.25, -0.2) is 0 Å². The third kappa shape index (κ3) is 4.16. The van der Waals surface area contributed by atoms with Gasteiger partial charge in [0.05, 0.1) is 19.1 Å². The van der Waals surface area contributed by atoms with Crippen LogP contribution in [0.3, 0.4) is 0 Å². The largest absolute Gasteiger partial charge is 0.469 e. The number of carbonyl (C=O) groups excluding carboxylic acids is 3. The molecule has 0 spiro atoms. The smallest absolute Gasteiger partial charge is 0.308 e. The Morgan fingerprint density at radius 1 is 1.00 bits per heavy atom. The molecule has 2 saturated carbocycles. The van der Waals surface area contributed by atoms with Crippen molar-refractivity contribution >= 4 is 17.7 Å². The minimum Gasteiger partial charge on any atom is -0.469 e. The van der Waals surface area contributed by atoms with Crippen LogP contribution in [0.1, 0.15) is 86.6 Å². The lowest BCUT2D eigenvalue weighted by Crippen LogP contribution is -2.45. The molecule has 6 heteroatoms. The number of ketones is 1. The first-order valence-corrected chi connectivity index (χ1v) is 14.4. The molecule has 6 rings (SSSR count). The number of allylic oxidation sites excluding steroid dienone is 4. The van der Waals surface area contributed by atoms with Crippen molar-refractivity contribution < 1.29 is 24.2 Å². The molecule has 4 aliphatic carbocycles. The standard InChI is InChI=1S/C32H39NO5/c1-32-18-26(19-3-5-20(6-4-19)30(36)33-15-13-21(14-16-33)31(37)38-2)29-24-10-8-23(34)17-22(24)7-9-25(29)27(32)11-12-28(32)35/h3-6,17,21,25-28,35H,7-16,18H2,1-2H3. The Bertz CT molecular complexity index is 1200. The molecule has 3 fully saturated rings. The lowest BCUT2D eigenvalue weighted by atomic mass is 9.53. The third-order valence-electron chi connectivity index (χ3n) is 10.6. The average molecular weight is 518 g/mol. The second-order valence-electron chi connectivity index (χ2n) is 12.4. The van der Waals surface area contributed by atoms with Gasteiger partial charge in [0.2, 0.25) is 0 Å². The SMILES string of the molecule is COC(=O)C1CCN(C(=O)c2ccc(C3CC4(C)C(O)CCC4C4CCC5=CC(=O)CCC5=C34)cc2)CC1. The highest BCUT2D eigenvalue weighted by molar-refractivity contribution is 5.94. The molecule has 202 valence electrons. The van der Waals surface area contributed by atoms with Crippen molar-refractivity contribution in [2.75, 3.05) is 20.2 Å². The van der Waals surface area contributed by atoms with Crippen LogP contribution in [0.25, 0.3) is 0 Å². The van der Waals surface area contributed by atoms with Crippen LogP contribution in [-0.4, -0.2) is 54.0 Å². The first-order chi connectivity index (χ1) is 18.3. The summed E-state index contributed by atoms with van der Waals surface area (Å²) in [6.07, 6.45) is 9.17. The molecule has 38 heavy (non-hydrogen) atoms. The number of esters is 1. The van der Waals surface area contributed by atoms with Crippen molar-refractivity contribution in [2.24, 2.45) is 23.2 Å². The van der Waals surface area contributed by atoms with Crippen LogP contribution >= 0.6 is 0 Å². The van der Waals surface area contributed by atoms with Crippen molar-refractivity contribution in [3.05, 3.63) is 58.2 Å². The molecule has 5 unspecified atom stereocenters. The number of piperidine rings is 1. The van der Waals surface area contributed by atoms with Crippen molar-refractivity contribution in [3.8, 4) is 0 Å². The summed E-state index contributed by atoms with van der Waals surface area (Å²) in [5, 5.41) is 11.1. The van der Waals surface area contributed by atoms with Crippen LogP contribution in [0.4, 0.5) is 0 Å². The molecule has 6 nitrogen and oxygen atoms in total. The van der Waals surface area contributed by atoms with Gasteiger partial charge in [-0.1, -0.05) is 24.6 Å². The molecular formula is C32H39NO5. The number of benzene rings is 1. The number of methoxy groups -OCH3 is 1. The first kappa shape index (κ1) is 25.5. The molecule has 0 radical (unpaired) electrons. The van der Waals surface area contributed by atoms with Gasteiger partial charge < -0.3 is 14.7 Å². The zero-order valence-corrected chi connectivity index (χ0v) is 22.6. The van der Waals surface area contributed by atoms with Crippen LogP contribution in [-0.2, 0) is 14.3 Å². The molecule has 0 bridgehead atoms. The van der Waals surface area contributed by atoms with Gasteiger partial charge in [-0.2, -0.15) is 0 Å². The second kappa shape index (κ2) is 9.78. The van der Waals surface area contributed by atoms with Crippen LogP contribution in [0, 0.1) is 23.2 Å². The van der Waals surface area contributed by atoms with Crippen molar-refractivity contribution in [1.82, 2.24) is 4.90 Å². The number of hydrogen-bond acceptors (Lipinski definition) is 5. The van der Waals surface area contributed by atoms with Gasteiger partial charge in [0.1, 0.15) is 0 Å². The number of aliphatic hydroxyl groups is 1. The number of rotatable bonds is 3. The molecule has 0 aromatic heterocycles. The zero-order valence-electron chi connectivity index (χ0n) is 22.6. The van der Waals surface area contributed by atoms with Gasteiger partial charge in [-0.15, -0.1) is 0 Å². The molecule has 5 aliphatic rings. The monoisotopic (exact) mass is 517 g/mol. The van der Waals surface area contributed by atoms with Gasteiger partial charge in [-0.3, -0.25) is 14.4 Å². The maximum atomic E-state index is 13.3. The minimum absolute atomic E-state index is 0.00957. The third-order valence-corrected chi connectivity index (χ3v) is 10.6. The fourth-order valence-electron chi connectivity index (χ4n) is 8.46. The van der Waals surface area contributed by atoms with Crippen LogP contribution in [0.15, 0.2) is 47.1 Å². The van der Waals surface area contributed by atoms with E-state index in [9.17, 15) is 19.5 Å². The van der Waals surface area contributed by atoms with Crippen LogP contribution < -0.4 is 0 Å². The number of likely N-dealkylation sites (tertiary alicyclic amines) is 1. The van der Waals surface area contributed by atoms with E-state index >= 15 is 0 Å². The van der Waals surface area contributed by atoms with Gasteiger partial charge in [0.25, 0.3) is 5.91 Å². The predicted molar refractivity (Wildman–Crippen MR) is 143 cm³/mol. The Labute approximate surface area is 225 Å². The molecule has 1 saturated heterocycles. The summed E-state index contributed by atoms with van der Waals surface area (Å²) in [6.45, 7) is 3.41. The van der Waals surface area contributed by atoms with E-state index in [1.165, 1.54) is 29.4 Å². The summed E-state index contributed by atoms with van der Waals surface area (Å²) in [5.41, 5.74) is 5.92. The topological polar surface area (TPSA) is 83.9 Å². The quantitative estimate of drug-likeness (QED) is 0.572. The Kier molecular flexibility index (Phi) is 6.58. The molecule has 1 N–H and O–H groups in total. The van der Waals surface area contributed by atoms with Crippen molar-refractivity contribution in [1.29, 1.82) is 0 Å². The highest BCUT2D eigenvalue weighted by atomic mass is 16.5. The number of carbonyl (C=O) groups is 3. The van der Waals surface area contributed by atoms with Crippen LogP contribution in [0.2, 0.25) is 0 Å². The van der Waals surface area contributed by atoms with Crippen molar-refractivity contribution in [3.63, 3.8) is 0 Å². The summed E-state index contributed by atoms with van der Waals surface area (Å²) in [5.74, 6) is 1.08. The summed E-state index contributed by atoms with van der Waals surface area (Å²) >= 11 is 0. The van der Waals surface area contributed by atoms with E-state index in [-0.39, 0.29) is 41.0 Å². The van der Waals surface area contributed by atoms with E-state index in [0.29, 0.717) is 49.8 Å². The summed E-state index contributed by atoms with van der Waals surface area (Å²) in [7, 11) is 1.42. The Morgan fingerprint density at radius 3 is 2.45 bits per heavy atom. The molecule has 5 atom stereocenters. The predicted octanol–water partition coefficient (Wildman–Crippen LogP) is 4.97. The van der Waals surface area contributed by atoms with Gasteiger partial charge >= 0.3 is 5.97 Å². The minimum atomic E-state index is -0.278. The number of amides is 1. The van der Waals surface area contributed by atoms with E-state index in [1.807, 2.05) is 23.1 Å². The molecule has 1 heterocycles. The van der Waals surface area contributed by atoms with E-state index in [4.69, 9.17) is 4.74 Å². The van der Waals surface area contributed by atoms with Gasteiger partial charge in [0, 0.05) is 31.0 Å².